The molecule has 1 saturated carbocycles. The van der Waals surface area contributed by atoms with Gasteiger partial charge in [-0.25, -0.2) is 0 Å². The van der Waals surface area contributed by atoms with Crippen molar-refractivity contribution < 1.29 is 14.3 Å². The smallest absolute Gasteiger partial charge is 0.249 e. The lowest BCUT2D eigenvalue weighted by Crippen LogP contribution is -2.42. The summed E-state index contributed by atoms with van der Waals surface area (Å²) in [6, 6.07) is 9.54. The van der Waals surface area contributed by atoms with Crippen molar-refractivity contribution in [2.45, 2.75) is 38.8 Å². The van der Waals surface area contributed by atoms with Gasteiger partial charge in [0.2, 0.25) is 5.91 Å². The maximum atomic E-state index is 11.9. The predicted molar refractivity (Wildman–Crippen MR) is 77.7 cm³/mol. The Balaban J connectivity index is 1.64. The van der Waals surface area contributed by atoms with Crippen LogP contribution in [0.4, 0.5) is 0 Å². The van der Waals surface area contributed by atoms with E-state index < -0.39 is 6.10 Å². The zero-order chi connectivity index (χ0) is 14.4. The first kappa shape index (κ1) is 14.9. The third kappa shape index (κ3) is 5.21. The highest BCUT2D eigenvalue weighted by atomic mass is 16.5. The molecule has 4 heteroatoms. The van der Waals surface area contributed by atoms with Crippen LogP contribution in [0.2, 0.25) is 0 Å². The molecule has 1 N–H and O–H groups in total. The summed E-state index contributed by atoms with van der Waals surface area (Å²) in [4.78, 5) is 11.9. The summed E-state index contributed by atoms with van der Waals surface area (Å²) in [6.45, 7) is 4.87. The average molecular weight is 277 g/mol. The first-order valence-corrected chi connectivity index (χ1v) is 7.25. The molecule has 0 bridgehead atoms. The molecule has 0 heterocycles. The molecule has 0 aromatic heterocycles. The minimum atomic E-state index is -0.394. The third-order valence-corrected chi connectivity index (χ3v) is 3.28. The van der Waals surface area contributed by atoms with Crippen LogP contribution in [0.5, 0.6) is 5.75 Å². The Hall–Kier alpha value is -1.55. The van der Waals surface area contributed by atoms with Gasteiger partial charge < -0.3 is 14.8 Å². The van der Waals surface area contributed by atoms with Gasteiger partial charge in [-0.15, -0.1) is 0 Å². The molecule has 1 amide bonds. The molecule has 0 radical (unpaired) electrons. The Morgan fingerprint density at radius 3 is 2.65 bits per heavy atom. The number of hydrogen-bond acceptors (Lipinski definition) is 3. The summed E-state index contributed by atoms with van der Waals surface area (Å²) in [7, 11) is 0. The molecule has 20 heavy (non-hydrogen) atoms. The van der Waals surface area contributed by atoms with Crippen molar-refractivity contribution in [2.24, 2.45) is 5.92 Å². The van der Waals surface area contributed by atoms with E-state index in [1.54, 1.807) is 6.92 Å². The van der Waals surface area contributed by atoms with E-state index in [-0.39, 0.29) is 11.9 Å². The van der Waals surface area contributed by atoms with Crippen molar-refractivity contribution in [3.05, 3.63) is 30.3 Å². The van der Waals surface area contributed by atoms with Crippen LogP contribution < -0.4 is 10.1 Å². The second-order valence-corrected chi connectivity index (χ2v) is 5.45. The standard InChI is InChI=1S/C16H23NO3/c1-12(10-20-15-6-4-3-5-7-15)17-16(18)13(2)19-11-14-8-9-14/h3-7,12-14H,8-11H2,1-2H3,(H,17,18)/t12-,13-/m0/s1. The number of carbonyl (C=O) groups is 1. The van der Waals surface area contributed by atoms with Crippen LogP contribution in [0.15, 0.2) is 30.3 Å². The molecule has 1 fully saturated rings. The zero-order valence-corrected chi connectivity index (χ0v) is 12.2. The van der Waals surface area contributed by atoms with Gasteiger partial charge in [-0.05, 0) is 44.7 Å². The van der Waals surface area contributed by atoms with Crippen LogP contribution in [0.1, 0.15) is 26.7 Å². The van der Waals surface area contributed by atoms with Gasteiger partial charge in [0.1, 0.15) is 18.5 Å². The molecule has 0 unspecified atom stereocenters. The van der Waals surface area contributed by atoms with Gasteiger partial charge in [0.05, 0.1) is 12.6 Å². The van der Waals surface area contributed by atoms with Gasteiger partial charge in [-0.3, -0.25) is 4.79 Å². The van der Waals surface area contributed by atoms with Crippen LogP contribution in [-0.2, 0) is 9.53 Å². The monoisotopic (exact) mass is 277 g/mol. The van der Waals surface area contributed by atoms with Gasteiger partial charge in [-0.1, -0.05) is 18.2 Å². The molecular weight excluding hydrogens is 254 g/mol. The highest BCUT2D eigenvalue weighted by Gasteiger charge is 2.24. The van der Waals surface area contributed by atoms with Crippen molar-refractivity contribution in [2.75, 3.05) is 13.2 Å². The fourth-order valence-electron chi connectivity index (χ4n) is 1.78. The zero-order valence-electron chi connectivity index (χ0n) is 12.2. The summed E-state index contributed by atoms with van der Waals surface area (Å²) in [5.41, 5.74) is 0. The number of amides is 1. The Bertz CT molecular complexity index is 417. The van der Waals surface area contributed by atoms with Gasteiger partial charge in [0.15, 0.2) is 0 Å². The summed E-state index contributed by atoms with van der Waals surface area (Å²) >= 11 is 0. The minimum absolute atomic E-state index is 0.0466. The second-order valence-electron chi connectivity index (χ2n) is 5.45. The summed E-state index contributed by atoms with van der Waals surface area (Å²) in [5.74, 6) is 1.41. The quantitative estimate of drug-likeness (QED) is 0.793. The van der Waals surface area contributed by atoms with Crippen LogP contribution in [0, 0.1) is 5.92 Å². The van der Waals surface area contributed by atoms with Gasteiger partial charge in [-0.2, -0.15) is 0 Å². The fourth-order valence-corrected chi connectivity index (χ4v) is 1.78. The van der Waals surface area contributed by atoms with Crippen LogP contribution in [0.3, 0.4) is 0 Å². The van der Waals surface area contributed by atoms with Gasteiger partial charge in [0, 0.05) is 0 Å². The second kappa shape index (κ2) is 7.29. The number of para-hydroxylation sites is 1. The summed E-state index contributed by atoms with van der Waals surface area (Å²) < 4.78 is 11.1. The largest absolute Gasteiger partial charge is 0.491 e. The lowest BCUT2D eigenvalue weighted by Gasteiger charge is -2.18. The van der Waals surface area contributed by atoms with E-state index in [0.717, 1.165) is 5.75 Å². The van der Waals surface area contributed by atoms with Gasteiger partial charge >= 0.3 is 0 Å². The molecule has 0 spiro atoms. The van der Waals surface area contributed by atoms with Crippen LogP contribution in [0.25, 0.3) is 0 Å². The van der Waals surface area contributed by atoms with Gasteiger partial charge in [0.25, 0.3) is 0 Å². The number of rotatable bonds is 8. The lowest BCUT2D eigenvalue weighted by atomic mass is 10.3. The average Bonchev–Trinajstić information content (AvgIpc) is 3.28. The third-order valence-electron chi connectivity index (χ3n) is 3.28. The Morgan fingerprint density at radius 2 is 2.00 bits per heavy atom. The molecular formula is C16H23NO3. The summed E-state index contributed by atoms with van der Waals surface area (Å²) in [6.07, 6.45) is 2.07. The van der Waals surface area contributed by atoms with Crippen molar-refractivity contribution >= 4 is 5.91 Å². The Morgan fingerprint density at radius 1 is 1.30 bits per heavy atom. The van der Waals surface area contributed by atoms with Crippen molar-refractivity contribution in [1.82, 2.24) is 5.32 Å². The molecule has 2 rings (SSSR count). The molecule has 110 valence electrons. The predicted octanol–water partition coefficient (Wildman–Crippen LogP) is 2.39. The van der Waals surface area contributed by atoms with E-state index in [2.05, 4.69) is 5.32 Å². The van der Waals surface area contributed by atoms with Crippen molar-refractivity contribution in [3.63, 3.8) is 0 Å². The Kier molecular flexibility index (Phi) is 5.41. The number of nitrogens with one attached hydrogen (secondary N) is 1. The number of benzene rings is 1. The SMILES string of the molecule is C[C@H](OCC1CC1)C(=O)N[C@@H](C)COc1ccccc1. The molecule has 1 aliphatic carbocycles. The highest BCUT2D eigenvalue weighted by Crippen LogP contribution is 2.29. The Labute approximate surface area is 120 Å². The highest BCUT2D eigenvalue weighted by molar-refractivity contribution is 5.80. The molecule has 0 aliphatic heterocycles. The van der Waals surface area contributed by atoms with E-state index in [9.17, 15) is 4.79 Å². The molecule has 2 atom stereocenters. The minimum Gasteiger partial charge on any atom is -0.491 e. The van der Waals surface area contributed by atoms with Crippen LogP contribution in [-0.4, -0.2) is 31.3 Å². The number of carbonyl (C=O) groups excluding carboxylic acids is 1. The molecule has 1 aliphatic rings. The van der Waals surface area contributed by atoms with Crippen LogP contribution >= 0.6 is 0 Å². The topological polar surface area (TPSA) is 47.6 Å². The number of hydrogen-bond donors (Lipinski definition) is 1. The van der Waals surface area contributed by atoms with E-state index in [1.807, 2.05) is 37.3 Å². The molecule has 0 saturated heterocycles. The molecule has 4 nitrogen and oxygen atoms in total. The fraction of sp³-hybridized carbons (Fsp3) is 0.562. The lowest BCUT2D eigenvalue weighted by molar-refractivity contribution is -0.132. The number of ether oxygens (including phenoxy) is 2. The molecule has 1 aromatic carbocycles. The first-order chi connectivity index (χ1) is 9.65. The van der Waals surface area contributed by atoms with E-state index in [1.165, 1.54) is 12.8 Å². The first-order valence-electron chi connectivity index (χ1n) is 7.25. The van der Waals surface area contributed by atoms with Crippen molar-refractivity contribution in [1.29, 1.82) is 0 Å². The molecule has 1 aromatic rings. The van der Waals surface area contributed by atoms with E-state index in [4.69, 9.17) is 9.47 Å². The summed E-state index contributed by atoms with van der Waals surface area (Å²) in [5, 5.41) is 2.91. The maximum Gasteiger partial charge on any atom is 0.249 e. The normalized spacial score (nSPS) is 17.3. The van der Waals surface area contributed by atoms with Crippen molar-refractivity contribution in [3.8, 4) is 5.75 Å². The maximum absolute atomic E-state index is 11.9. The van der Waals surface area contributed by atoms with E-state index in [0.29, 0.717) is 19.1 Å². The van der Waals surface area contributed by atoms with E-state index >= 15 is 0 Å².